The molecule has 2 aromatic rings. The average molecular weight is 354 g/mol. The number of halogens is 3. The second kappa shape index (κ2) is 7.88. The lowest BCUT2D eigenvalue weighted by Crippen LogP contribution is -2.30. The summed E-state index contributed by atoms with van der Waals surface area (Å²) in [6.07, 6.45) is 0. The predicted octanol–water partition coefficient (Wildman–Crippen LogP) is 3.43. The van der Waals surface area contributed by atoms with Gasteiger partial charge in [-0.1, -0.05) is 41.9 Å². The van der Waals surface area contributed by atoms with E-state index >= 15 is 0 Å². The van der Waals surface area contributed by atoms with E-state index in [9.17, 15) is 18.4 Å². The zero-order valence-electron chi connectivity index (χ0n) is 12.8. The third kappa shape index (κ3) is 4.52. The summed E-state index contributed by atoms with van der Waals surface area (Å²) in [5.41, 5.74) is 0.581. The van der Waals surface area contributed by atoms with Crippen molar-refractivity contribution in [3.63, 3.8) is 0 Å². The van der Waals surface area contributed by atoms with Crippen molar-refractivity contribution < 1.29 is 23.1 Å². The molecule has 0 saturated carbocycles. The minimum atomic E-state index is -1.22. The molecule has 0 spiro atoms. The third-order valence-corrected chi connectivity index (χ3v) is 3.56. The molecular formula is C17H14ClF2NO3. The van der Waals surface area contributed by atoms with E-state index < -0.39 is 30.1 Å². The van der Waals surface area contributed by atoms with Crippen molar-refractivity contribution in [2.75, 3.05) is 13.7 Å². The number of carbonyl (C=O) groups is 2. The Hall–Kier alpha value is -2.47. The largest absolute Gasteiger partial charge is 0.452 e. The minimum absolute atomic E-state index is 0.288. The van der Waals surface area contributed by atoms with Crippen LogP contribution in [0.15, 0.2) is 42.5 Å². The first-order chi connectivity index (χ1) is 11.4. The van der Waals surface area contributed by atoms with Gasteiger partial charge in [0, 0.05) is 13.6 Å². The van der Waals surface area contributed by atoms with Crippen LogP contribution in [0.3, 0.4) is 0 Å². The number of amides is 1. The molecule has 24 heavy (non-hydrogen) atoms. The number of hydrogen-bond donors (Lipinski definition) is 0. The van der Waals surface area contributed by atoms with Gasteiger partial charge in [-0.3, -0.25) is 4.79 Å². The lowest BCUT2D eigenvalue weighted by atomic mass is 10.2. The molecule has 0 aliphatic rings. The maximum absolute atomic E-state index is 13.2. The Labute approximate surface area is 142 Å². The molecule has 0 N–H and O–H groups in total. The van der Waals surface area contributed by atoms with E-state index in [-0.39, 0.29) is 10.6 Å². The van der Waals surface area contributed by atoms with E-state index in [1.54, 1.807) is 7.05 Å². The predicted molar refractivity (Wildman–Crippen MR) is 84.6 cm³/mol. The fourth-order valence-electron chi connectivity index (χ4n) is 1.94. The molecule has 1 amide bonds. The topological polar surface area (TPSA) is 46.6 Å². The second-order valence-electron chi connectivity index (χ2n) is 5.06. The first-order valence-corrected chi connectivity index (χ1v) is 7.36. The highest BCUT2D eigenvalue weighted by Crippen LogP contribution is 2.20. The molecule has 0 aliphatic carbocycles. The van der Waals surface area contributed by atoms with Crippen molar-refractivity contribution in [1.82, 2.24) is 4.90 Å². The van der Waals surface area contributed by atoms with E-state index in [0.717, 1.165) is 5.56 Å². The van der Waals surface area contributed by atoms with Gasteiger partial charge in [0.2, 0.25) is 0 Å². The Morgan fingerprint density at radius 3 is 2.42 bits per heavy atom. The number of rotatable bonds is 5. The molecule has 126 valence electrons. The van der Waals surface area contributed by atoms with Gasteiger partial charge in [0.1, 0.15) is 0 Å². The van der Waals surface area contributed by atoms with Crippen molar-refractivity contribution in [2.45, 2.75) is 6.54 Å². The number of esters is 1. The fraction of sp³-hybridized carbons (Fsp3) is 0.176. The Bertz CT molecular complexity index is 753. The third-order valence-electron chi connectivity index (χ3n) is 3.24. The van der Waals surface area contributed by atoms with Crippen LogP contribution in [-0.2, 0) is 16.1 Å². The van der Waals surface area contributed by atoms with Crippen molar-refractivity contribution in [2.24, 2.45) is 0 Å². The highest BCUT2D eigenvalue weighted by atomic mass is 35.5. The highest BCUT2D eigenvalue weighted by Gasteiger charge is 2.18. The van der Waals surface area contributed by atoms with Gasteiger partial charge in [0.15, 0.2) is 18.2 Å². The Balaban J connectivity index is 1.94. The van der Waals surface area contributed by atoms with Gasteiger partial charge in [0.05, 0.1) is 10.6 Å². The number of ether oxygens (including phenoxy) is 1. The molecule has 0 radical (unpaired) electrons. The van der Waals surface area contributed by atoms with Crippen LogP contribution >= 0.6 is 11.6 Å². The molecule has 0 aliphatic heterocycles. The van der Waals surface area contributed by atoms with Gasteiger partial charge >= 0.3 is 5.97 Å². The number of carbonyl (C=O) groups excluding carboxylic acids is 2. The molecule has 0 aromatic heterocycles. The van der Waals surface area contributed by atoms with Crippen molar-refractivity contribution >= 4 is 23.5 Å². The van der Waals surface area contributed by atoms with Crippen LogP contribution in [0.2, 0.25) is 5.02 Å². The lowest BCUT2D eigenvalue weighted by Gasteiger charge is -2.17. The molecule has 2 rings (SSSR count). The smallest absolute Gasteiger partial charge is 0.340 e. The van der Waals surface area contributed by atoms with Gasteiger partial charge in [-0.15, -0.1) is 0 Å². The Kier molecular flexibility index (Phi) is 5.87. The minimum Gasteiger partial charge on any atom is -0.452 e. The standard InChI is InChI=1S/C17H14ClF2NO3/c1-21(9-11-5-3-2-4-6-11)16(22)10-24-17(23)12-7-14(19)15(20)8-13(12)18/h2-8H,9-10H2,1H3. The monoisotopic (exact) mass is 353 g/mol. The SMILES string of the molecule is CN(Cc1ccccc1)C(=O)COC(=O)c1cc(F)c(F)cc1Cl. The van der Waals surface area contributed by atoms with E-state index in [0.29, 0.717) is 18.7 Å². The molecule has 0 unspecified atom stereocenters. The first-order valence-electron chi connectivity index (χ1n) is 6.98. The summed E-state index contributed by atoms with van der Waals surface area (Å²) in [5.74, 6) is -3.83. The summed E-state index contributed by atoms with van der Waals surface area (Å²) in [7, 11) is 1.56. The molecular weight excluding hydrogens is 340 g/mol. The van der Waals surface area contributed by atoms with Gasteiger partial charge in [-0.25, -0.2) is 13.6 Å². The molecule has 0 saturated heterocycles. The molecule has 7 heteroatoms. The number of nitrogens with zero attached hydrogens (tertiary/aromatic N) is 1. The molecule has 4 nitrogen and oxygen atoms in total. The van der Waals surface area contributed by atoms with Crippen LogP contribution in [0, 0.1) is 11.6 Å². The first kappa shape index (κ1) is 17.9. The fourth-order valence-corrected chi connectivity index (χ4v) is 2.17. The number of hydrogen-bond acceptors (Lipinski definition) is 3. The van der Waals surface area contributed by atoms with Gasteiger partial charge in [0.25, 0.3) is 5.91 Å². The van der Waals surface area contributed by atoms with Crippen LogP contribution in [-0.4, -0.2) is 30.4 Å². The maximum atomic E-state index is 13.2. The van der Waals surface area contributed by atoms with E-state index in [1.807, 2.05) is 30.3 Å². The summed E-state index contributed by atoms with van der Waals surface area (Å²) in [4.78, 5) is 25.2. The lowest BCUT2D eigenvalue weighted by molar-refractivity contribution is -0.133. The Morgan fingerprint density at radius 1 is 1.12 bits per heavy atom. The summed E-state index contributed by atoms with van der Waals surface area (Å²) in [6.45, 7) is -0.180. The zero-order chi connectivity index (χ0) is 17.7. The van der Waals surface area contributed by atoms with E-state index in [1.165, 1.54) is 4.90 Å². The molecule has 0 bridgehead atoms. The molecule has 0 atom stereocenters. The van der Waals surface area contributed by atoms with E-state index in [4.69, 9.17) is 16.3 Å². The van der Waals surface area contributed by atoms with Gasteiger partial charge < -0.3 is 9.64 Å². The molecule has 2 aromatic carbocycles. The van der Waals surface area contributed by atoms with Gasteiger partial charge in [-0.05, 0) is 17.7 Å². The van der Waals surface area contributed by atoms with Gasteiger partial charge in [-0.2, -0.15) is 0 Å². The van der Waals surface area contributed by atoms with Crippen molar-refractivity contribution in [1.29, 1.82) is 0 Å². The highest BCUT2D eigenvalue weighted by molar-refractivity contribution is 6.33. The summed E-state index contributed by atoms with van der Waals surface area (Å²) < 4.78 is 31.0. The van der Waals surface area contributed by atoms with Crippen LogP contribution in [0.4, 0.5) is 8.78 Å². The van der Waals surface area contributed by atoms with E-state index in [2.05, 4.69) is 0 Å². The summed E-state index contributed by atoms with van der Waals surface area (Å²) in [5, 5.41) is -0.288. The second-order valence-corrected chi connectivity index (χ2v) is 5.46. The number of benzene rings is 2. The van der Waals surface area contributed by atoms with Crippen LogP contribution in [0.1, 0.15) is 15.9 Å². The van der Waals surface area contributed by atoms with Crippen LogP contribution in [0.25, 0.3) is 0 Å². The molecule has 0 heterocycles. The zero-order valence-corrected chi connectivity index (χ0v) is 13.5. The summed E-state index contributed by atoms with van der Waals surface area (Å²) in [6, 6.07) is 10.6. The Morgan fingerprint density at radius 2 is 1.75 bits per heavy atom. The normalized spacial score (nSPS) is 10.3. The molecule has 0 fully saturated rings. The van der Waals surface area contributed by atoms with Crippen LogP contribution < -0.4 is 0 Å². The van der Waals surface area contributed by atoms with Crippen molar-refractivity contribution in [3.8, 4) is 0 Å². The quantitative estimate of drug-likeness (QED) is 0.611. The number of likely N-dealkylation sites (N-methyl/N-ethyl adjacent to an activating group) is 1. The van der Waals surface area contributed by atoms with Crippen LogP contribution in [0.5, 0.6) is 0 Å². The average Bonchev–Trinajstić information content (AvgIpc) is 2.56. The summed E-state index contributed by atoms with van der Waals surface area (Å²) >= 11 is 5.68. The van der Waals surface area contributed by atoms with Crippen molar-refractivity contribution in [3.05, 3.63) is 70.2 Å². The maximum Gasteiger partial charge on any atom is 0.340 e.